The Labute approximate surface area is 90.6 Å². The molecule has 1 N–H and O–H groups in total. The average molecular weight is 216 g/mol. The van der Waals surface area contributed by atoms with E-state index in [2.05, 4.69) is 4.74 Å². The lowest BCUT2D eigenvalue weighted by Gasteiger charge is -2.12. The van der Waals surface area contributed by atoms with E-state index in [0.717, 1.165) is 32.1 Å². The number of esters is 1. The summed E-state index contributed by atoms with van der Waals surface area (Å²) in [5, 5.41) is 8.68. The molecule has 4 heteroatoms. The summed E-state index contributed by atoms with van der Waals surface area (Å²) in [5.41, 5.74) is 0. The molecule has 1 saturated heterocycles. The number of aliphatic hydroxyl groups excluding tert-OH is 1. The van der Waals surface area contributed by atoms with Crippen molar-refractivity contribution in [2.45, 2.75) is 50.7 Å². The molecule has 1 aliphatic heterocycles. The zero-order valence-electron chi connectivity index (χ0n) is 9.28. The maximum atomic E-state index is 10.9. The highest BCUT2D eigenvalue weighted by atomic mass is 16.5. The van der Waals surface area contributed by atoms with E-state index < -0.39 is 0 Å². The van der Waals surface area contributed by atoms with E-state index in [1.807, 2.05) is 0 Å². The molecule has 0 aromatic heterocycles. The highest BCUT2D eigenvalue weighted by molar-refractivity contribution is 5.69. The summed E-state index contributed by atoms with van der Waals surface area (Å²) in [6.07, 6.45) is 5.46. The highest BCUT2D eigenvalue weighted by Gasteiger charge is 2.25. The summed E-state index contributed by atoms with van der Waals surface area (Å²) < 4.78 is 10.3. The minimum atomic E-state index is -0.169. The molecule has 0 radical (unpaired) electrons. The fraction of sp³-hybridized carbons (Fsp3) is 0.909. The number of carbonyl (C=O) groups is 1. The van der Waals surface area contributed by atoms with Crippen molar-refractivity contribution in [1.82, 2.24) is 0 Å². The minimum Gasteiger partial charge on any atom is -0.469 e. The van der Waals surface area contributed by atoms with Crippen molar-refractivity contribution in [2.24, 2.45) is 0 Å². The number of carbonyl (C=O) groups excluding carboxylic acids is 1. The van der Waals surface area contributed by atoms with Crippen LogP contribution in [0.5, 0.6) is 0 Å². The van der Waals surface area contributed by atoms with Gasteiger partial charge in [0.2, 0.25) is 0 Å². The Kier molecular flexibility index (Phi) is 5.65. The maximum Gasteiger partial charge on any atom is 0.305 e. The Morgan fingerprint density at radius 1 is 1.40 bits per heavy atom. The molecule has 0 spiro atoms. The lowest BCUT2D eigenvalue weighted by molar-refractivity contribution is -0.141. The highest BCUT2D eigenvalue weighted by Crippen LogP contribution is 2.25. The first-order chi connectivity index (χ1) is 7.26. The minimum absolute atomic E-state index is 0.169. The molecule has 0 saturated carbocycles. The SMILES string of the molecule is COC(=O)CCC1CCC(CCCO)O1. The van der Waals surface area contributed by atoms with Gasteiger partial charge in [0, 0.05) is 13.0 Å². The van der Waals surface area contributed by atoms with Crippen LogP contribution in [0, 0.1) is 0 Å². The fourth-order valence-electron chi connectivity index (χ4n) is 1.90. The molecule has 0 aromatic rings. The predicted octanol–water partition coefficient (Wildman–Crippen LogP) is 1.26. The van der Waals surface area contributed by atoms with Gasteiger partial charge < -0.3 is 14.6 Å². The van der Waals surface area contributed by atoms with Crippen LogP contribution in [-0.4, -0.2) is 37.0 Å². The first-order valence-corrected chi connectivity index (χ1v) is 5.59. The van der Waals surface area contributed by atoms with Crippen molar-refractivity contribution in [1.29, 1.82) is 0 Å². The summed E-state index contributed by atoms with van der Waals surface area (Å²) in [7, 11) is 1.40. The number of methoxy groups -OCH3 is 1. The van der Waals surface area contributed by atoms with Crippen LogP contribution in [0.25, 0.3) is 0 Å². The second kappa shape index (κ2) is 6.80. The summed E-state index contributed by atoms with van der Waals surface area (Å²) in [6, 6.07) is 0. The standard InChI is InChI=1S/C11H20O4/c1-14-11(13)7-6-10-5-4-9(15-10)3-2-8-12/h9-10,12H,2-8H2,1H3. The van der Waals surface area contributed by atoms with Gasteiger partial charge in [-0.3, -0.25) is 4.79 Å². The van der Waals surface area contributed by atoms with Crippen molar-refractivity contribution < 1.29 is 19.4 Å². The number of rotatable bonds is 6. The zero-order valence-corrected chi connectivity index (χ0v) is 9.28. The molecule has 0 bridgehead atoms. The molecular weight excluding hydrogens is 196 g/mol. The summed E-state index contributed by atoms with van der Waals surface area (Å²) >= 11 is 0. The van der Waals surface area contributed by atoms with Gasteiger partial charge in [0.25, 0.3) is 0 Å². The second-order valence-electron chi connectivity index (χ2n) is 3.94. The maximum absolute atomic E-state index is 10.9. The quantitative estimate of drug-likeness (QED) is 0.679. The van der Waals surface area contributed by atoms with Crippen LogP contribution in [0.3, 0.4) is 0 Å². The van der Waals surface area contributed by atoms with Gasteiger partial charge >= 0.3 is 5.97 Å². The van der Waals surface area contributed by atoms with Crippen molar-refractivity contribution in [3.63, 3.8) is 0 Å². The predicted molar refractivity (Wildman–Crippen MR) is 55.5 cm³/mol. The number of hydrogen-bond donors (Lipinski definition) is 1. The molecule has 1 rings (SSSR count). The van der Waals surface area contributed by atoms with Gasteiger partial charge in [-0.1, -0.05) is 0 Å². The molecule has 88 valence electrons. The molecule has 1 aliphatic rings. The van der Waals surface area contributed by atoms with Crippen LogP contribution in [0.2, 0.25) is 0 Å². The van der Waals surface area contributed by atoms with Gasteiger partial charge in [0.1, 0.15) is 0 Å². The Morgan fingerprint density at radius 3 is 2.67 bits per heavy atom. The molecular formula is C11H20O4. The first-order valence-electron chi connectivity index (χ1n) is 5.59. The molecule has 2 atom stereocenters. The summed E-state index contributed by atoms with van der Waals surface area (Å²) in [4.78, 5) is 10.9. The molecule has 0 aromatic carbocycles. The van der Waals surface area contributed by atoms with E-state index in [0.29, 0.717) is 6.42 Å². The summed E-state index contributed by atoms with van der Waals surface area (Å²) in [6.45, 7) is 0.229. The van der Waals surface area contributed by atoms with Gasteiger partial charge in [-0.15, -0.1) is 0 Å². The second-order valence-corrected chi connectivity index (χ2v) is 3.94. The third-order valence-corrected chi connectivity index (χ3v) is 2.78. The molecule has 15 heavy (non-hydrogen) atoms. The van der Waals surface area contributed by atoms with E-state index in [1.54, 1.807) is 0 Å². The van der Waals surface area contributed by atoms with Crippen LogP contribution in [0.15, 0.2) is 0 Å². The van der Waals surface area contributed by atoms with Crippen molar-refractivity contribution in [2.75, 3.05) is 13.7 Å². The monoisotopic (exact) mass is 216 g/mol. The van der Waals surface area contributed by atoms with E-state index in [1.165, 1.54) is 7.11 Å². The number of hydrogen-bond acceptors (Lipinski definition) is 4. The molecule has 0 aliphatic carbocycles. The van der Waals surface area contributed by atoms with E-state index in [-0.39, 0.29) is 24.8 Å². The normalized spacial score (nSPS) is 25.5. The van der Waals surface area contributed by atoms with Crippen LogP contribution < -0.4 is 0 Å². The third kappa shape index (κ3) is 4.62. The smallest absolute Gasteiger partial charge is 0.305 e. The summed E-state index contributed by atoms with van der Waals surface area (Å²) in [5.74, 6) is -0.169. The average Bonchev–Trinajstić information content (AvgIpc) is 2.71. The molecule has 0 amide bonds. The van der Waals surface area contributed by atoms with E-state index in [9.17, 15) is 4.79 Å². The zero-order chi connectivity index (χ0) is 11.1. The molecule has 2 unspecified atom stereocenters. The van der Waals surface area contributed by atoms with Crippen molar-refractivity contribution in [3.05, 3.63) is 0 Å². The van der Waals surface area contributed by atoms with Gasteiger partial charge in [-0.2, -0.15) is 0 Å². The Bertz CT molecular complexity index is 193. The van der Waals surface area contributed by atoms with E-state index >= 15 is 0 Å². The fourth-order valence-corrected chi connectivity index (χ4v) is 1.90. The molecule has 1 heterocycles. The van der Waals surface area contributed by atoms with Crippen LogP contribution in [0.4, 0.5) is 0 Å². The third-order valence-electron chi connectivity index (χ3n) is 2.78. The van der Waals surface area contributed by atoms with E-state index in [4.69, 9.17) is 9.84 Å². The number of ether oxygens (including phenoxy) is 2. The Hall–Kier alpha value is -0.610. The molecule has 1 fully saturated rings. The number of aliphatic hydroxyl groups is 1. The van der Waals surface area contributed by atoms with Gasteiger partial charge in [0.05, 0.1) is 19.3 Å². The molecule has 4 nitrogen and oxygen atoms in total. The van der Waals surface area contributed by atoms with Crippen LogP contribution in [-0.2, 0) is 14.3 Å². The Morgan fingerprint density at radius 2 is 2.07 bits per heavy atom. The van der Waals surface area contributed by atoms with Gasteiger partial charge in [-0.25, -0.2) is 0 Å². The largest absolute Gasteiger partial charge is 0.469 e. The Balaban J connectivity index is 2.10. The topological polar surface area (TPSA) is 55.8 Å². The van der Waals surface area contributed by atoms with Crippen molar-refractivity contribution in [3.8, 4) is 0 Å². The van der Waals surface area contributed by atoms with Crippen LogP contribution >= 0.6 is 0 Å². The van der Waals surface area contributed by atoms with Crippen LogP contribution in [0.1, 0.15) is 38.5 Å². The first kappa shape index (κ1) is 12.5. The van der Waals surface area contributed by atoms with Gasteiger partial charge in [-0.05, 0) is 32.1 Å². The lowest BCUT2D eigenvalue weighted by Crippen LogP contribution is -2.13. The lowest BCUT2D eigenvalue weighted by atomic mass is 10.1. The van der Waals surface area contributed by atoms with Gasteiger partial charge in [0.15, 0.2) is 0 Å². The van der Waals surface area contributed by atoms with Crippen molar-refractivity contribution >= 4 is 5.97 Å².